The van der Waals surface area contributed by atoms with Crippen LogP contribution in [0.1, 0.15) is 68.8 Å². The number of fused-ring (bicyclic) bond motifs is 1. The van der Waals surface area contributed by atoms with E-state index in [9.17, 15) is 19.2 Å². The second-order valence-electron chi connectivity index (χ2n) is 9.15. The van der Waals surface area contributed by atoms with E-state index < -0.39 is 23.6 Å². The summed E-state index contributed by atoms with van der Waals surface area (Å²) in [6.45, 7) is 7.13. The van der Waals surface area contributed by atoms with Gasteiger partial charge in [-0.2, -0.15) is 0 Å². The summed E-state index contributed by atoms with van der Waals surface area (Å²) in [5, 5.41) is 8.47. The number of piperidine rings is 1. The number of unbranched alkanes of at least 4 members (excludes halogenated alkanes) is 2. The van der Waals surface area contributed by atoms with Crippen LogP contribution in [0.2, 0.25) is 0 Å². The van der Waals surface area contributed by atoms with Crippen molar-refractivity contribution in [3.8, 4) is 0 Å². The molecule has 1 saturated heterocycles. The van der Waals surface area contributed by atoms with Gasteiger partial charge in [-0.05, 0) is 58.6 Å². The smallest absolute Gasteiger partial charge is 0.407 e. The summed E-state index contributed by atoms with van der Waals surface area (Å²) in [7, 11) is 0. The van der Waals surface area contributed by atoms with Gasteiger partial charge < -0.3 is 20.3 Å². The second kappa shape index (κ2) is 10.0. The number of hydrogen-bond donors (Lipinski definition) is 3. The van der Waals surface area contributed by atoms with Gasteiger partial charge in [0.05, 0.1) is 0 Å². The molecular weight excluding hydrogens is 412 g/mol. The van der Waals surface area contributed by atoms with Gasteiger partial charge >= 0.3 is 6.09 Å². The molecule has 0 bridgehead atoms. The van der Waals surface area contributed by atoms with Crippen molar-refractivity contribution in [1.29, 1.82) is 0 Å². The van der Waals surface area contributed by atoms with E-state index in [1.807, 2.05) is 32.9 Å². The Morgan fingerprint density at radius 1 is 1.16 bits per heavy atom. The van der Waals surface area contributed by atoms with E-state index in [0.717, 1.165) is 37.1 Å². The third kappa shape index (κ3) is 5.99. The van der Waals surface area contributed by atoms with Crippen LogP contribution < -0.4 is 16.0 Å². The van der Waals surface area contributed by atoms with Crippen LogP contribution in [0.15, 0.2) is 18.2 Å². The summed E-state index contributed by atoms with van der Waals surface area (Å²) >= 11 is 0. The zero-order valence-electron chi connectivity index (χ0n) is 19.0. The zero-order valence-corrected chi connectivity index (χ0v) is 19.0. The highest BCUT2D eigenvalue weighted by Crippen LogP contribution is 2.32. The summed E-state index contributed by atoms with van der Waals surface area (Å²) in [5.74, 6) is -0.873. The molecule has 0 spiro atoms. The van der Waals surface area contributed by atoms with E-state index in [1.165, 1.54) is 0 Å². The SMILES string of the molecule is CC(C)(C)OC(=O)NCCCCCNc1cccc2c1CN(C1CCC(=O)NC1=O)C2=O. The van der Waals surface area contributed by atoms with E-state index in [-0.39, 0.29) is 18.2 Å². The second-order valence-corrected chi connectivity index (χ2v) is 9.15. The number of anilines is 1. The number of nitrogens with one attached hydrogen (secondary N) is 3. The highest BCUT2D eigenvalue weighted by molar-refractivity contribution is 6.06. The van der Waals surface area contributed by atoms with E-state index in [2.05, 4.69) is 16.0 Å². The maximum atomic E-state index is 12.9. The van der Waals surface area contributed by atoms with Crippen molar-refractivity contribution >= 4 is 29.5 Å². The molecule has 32 heavy (non-hydrogen) atoms. The molecule has 1 aromatic carbocycles. The molecule has 174 valence electrons. The minimum absolute atomic E-state index is 0.175. The number of ether oxygens (including phenoxy) is 1. The maximum Gasteiger partial charge on any atom is 0.407 e. The van der Waals surface area contributed by atoms with Crippen molar-refractivity contribution < 1.29 is 23.9 Å². The fourth-order valence-corrected chi connectivity index (χ4v) is 3.91. The van der Waals surface area contributed by atoms with Gasteiger partial charge in [0.25, 0.3) is 5.91 Å². The minimum Gasteiger partial charge on any atom is -0.444 e. The van der Waals surface area contributed by atoms with Crippen LogP contribution in [0.25, 0.3) is 0 Å². The number of carbonyl (C=O) groups is 4. The molecule has 2 aliphatic heterocycles. The molecule has 0 radical (unpaired) electrons. The number of benzene rings is 1. The van der Waals surface area contributed by atoms with Gasteiger partial charge in [-0.15, -0.1) is 0 Å². The monoisotopic (exact) mass is 444 g/mol. The number of alkyl carbamates (subject to hydrolysis) is 1. The Labute approximate surface area is 188 Å². The number of rotatable bonds is 8. The summed E-state index contributed by atoms with van der Waals surface area (Å²) in [4.78, 5) is 49.7. The summed E-state index contributed by atoms with van der Waals surface area (Å²) in [6.07, 6.45) is 2.87. The topological polar surface area (TPSA) is 117 Å². The molecule has 0 aromatic heterocycles. The van der Waals surface area contributed by atoms with Crippen LogP contribution in [-0.4, -0.2) is 53.4 Å². The lowest BCUT2D eigenvalue weighted by atomic mass is 10.0. The van der Waals surface area contributed by atoms with Crippen molar-refractivity contribution in [2.24, 2.45) is 0 Å². The average molecular weight is 445 g/mol. The number of carbonyl (C=O) groups excluding carboxylic acids is 4. The van der Waals surface area contributed by atoms with Crippen LogP contribution in [0, 0.1) is 0 Å². The molecule has 9 nitrogen and oxygen atoms in total. The quantitative estimate of drug-likeness (QED) is 0.419. The summed E-state index contributed by atoms with van der Waals surface area (Å²) < 4.78 is 5.20. The van der Waals surface area contributed by atoms with Crippen LogP contribution in [0.4, 0.5) is 10.5 Å². The predicted octanol–water partition coefficient (Wildman–Crippen LogP) is 2.55. The minimum atomic E-state index is -0.613. The van der Waals surface area contributed by atoms with Gasteiger partial charge in [0, 0.05) is 42.9 Å². The molecule has 1 atom stereocenters. The van der Waals surface area contributed by atoms with E-state index in [4.69, 9.17) is 4.74 Å². The zero-order chi connectivity index (χ0) is 23.3. The van der Waals surface area contributed by atoms with Crippen molar-refractivity contribution in [3.05, 3.63) is 29.3 Å². The first-order valence-electron chi connectivity index (χ1n) is 11.1. The molecule has 1 aromatic rings. The molecular formula is C23H32N4O5. The number of amides is 4. The van der Waals surface area contributed by atoms with Crippen LogP contribution in [0.3, 0.4) is 0 Å². The third-order valence-corrected chi connectivity index (χ3v) is 5.42. The molecule has 4 amide bonds. The normalized spacial score (nSPS) is 18.3. The van der Waals surface area contributed by atoms with Crippen molar-refractivity contribution in [2.45, 2.75) is 71.1 Å². The number of nitrogens with zero attached hydrogens (tertiary/aromatic N) is 1. The van der Waals surface area contributed by atoms with Gasteiger partial charge in [-0.1, -0.05) is 6.07 Å². The van der Waals surface area contributed by atoms with E-state index in [1.54, 1.807) is 11.0 Å². The highest BCUT2D eigenvalue weighted by Gasteiger charge is 2.39. The number of imide groups is 1. The molecule has 1 unspecified atom stereocenters. The molecule has 0 saturated carbocycles. The third-order valence-electron chi connectivity index (χ3n) is 5.42. The van der Waals surface area contributed by atoms with Gasteiger partial charge in [0.2, 0.25) is 11.8 Å². The van der Waals surface area contributed by atoms with Crippen LogP contribution >= 0.6 is 0 Å². The Balaban J connectivity index is 1.44. The van der Waals surface area contributed by atoms with Gasteiger partial charge in [0.15, 0.2) is 0 Å². The molecule has 3 rings (SSSR count). The molecule has 3 N–H and O–H groups in total. The molecule has 0 aliphatic carbocycles. The first kappa shape index (κ1) is 23.6. The van der Waals surface area contributed by atoms with Gasteiger partial charge in [0.1, 0.15) is 11.6 Å². The van der Waals surface area contributed by atoms with Crippen LogP contribution in [-0.2, 0) is 20.9 Å². The summed E-state index contributed by atoms with van der Waals surface area (Å²) in [6, 6.07) is 4.93. The Kier molecular flexibility index (Phi) is 7.37. The largest absolute Gasteiger partial charge is 0.444 e. The Morgan fingerprint density at radius 2 is 1.91 bits per heavy atom. The number of hydrogen-bond acceptors (Lipinski definition) is 6. The maximum absolute atomic E-state index is 12.9. The van der Waals surface area contributed by atoms with Crippen LogP contribution in [0.5, 0.6) is 0 Å². The molecule has 1 fully saturated rings. The lowest BCUT2D eigenvalue weighted by Gasteiger charge is -2.29. The lowest BCUT2D eigenvalue weighted by Crippen LogP contribution is -2.52. The van der Waals surface area contributed by atoms with Crippen molar-refractivity contribution in [2.75, 3.05) is 18.4 Å². The lowest BCUT2D eigenvalue weighted by molar-refractivity contribution is -0.136. The standard InChI is InChI=1S/C23H32N4O5/c1-23(2,3)32-22(31)25-13-6-4-5-12-24-17-9-7-8-15-16(17)14-27(21(15)30)18-10-11-19(28)26-20(18)29/h7-9,18,24H,4-6,10-14H2,1-3H3,(H,25,31)(H,26,28,29). The van der Waals surface area contributed by atoms with E-state index in [0.29, 0.717) is 25.1 Å². The fourth-order valence-electron chi connectivity index (χ4n) is 3.91. The molecule has 9 heteroatoms. The van der Waals surface area contributed by atoms with E-state index >= 15 is 0 Å². The average Bonchev–Trinajstić information content (AvgIpc) is 3.03. The Hall–Kier alpha value is -3.10. The van der Waals surface area contributed by atoms with Crippen molar-refractivity contribution in [3.63, 3.8) is 0 Å². The first-order chi connectivity index (χ1) is 15.2. The highest BCUT2D eigenvalue weighted by atomic mass is 16.6. The van der Waals surface area contributed by atoms with Gasteiger partial charge in [-0.3, -0.25) is 19.7 Å². The summed E-state index contributed by atoms with van der Waals surface area (Å²) in [5.41, 5.74) is 1.87. The first-order valence-corrected chi connectivity index (χ1v) is 11.1. The molecule has 2 aliphatic rings. The fraction of sp³-hybridized carbons (Fsp3) is 0.565. The van der Waals surface area contributed by atoms with Crippen molar-refractivity contribution in [1.82, 2.24) is 15.5 Å². The van der Waals surface area contributed by atoms with Gasteiger partial charge in [-0.25, -0.2) is 4.79 Å². The predicted molar refractivity (Wildman–Crippen MR) is 119 cm³/mol. The molecule has 2 heterocycles. The Bertz CT molecular complexity index is 893. The Morgan fingerprint density at radius 3 is 2.62 bits per heavy atom.